The number of hydrogen-bond donors (Lipinski definition) is 0. The molecule has 2 aliphatic rings. The average molecular weight is 449 g/mol. The molecular formula is C23H28BN5O4. The van der Waals surface area contributed by atoms with E-state index in [1.54, 1.807) is 10.9 Å². The van der Waals surface area contributed by atoms with Gasteiger partial charge >= 0.3 is 13.1 Å². The van der Waals surface area contributed by atoms with Crippen LogP contribution in [0, 0.1) is 0 Å². The third-order valence-corrected chi connectivity index (χ3v) is 6.99. The molecule has 0 unspecified atom stereocenters. The molecule has 172 valence electrons. The number of aromatic nitrogens is 5. The standard InChI is InChI=1S/C23H28BN5O4/c1-22(2)23(3,4)33-24(32-22)14-8-7-9-15(10-14)29-20(18(12-25-29)21(30)31-6)17-11-16(17)19-13-28(5)27-26-19/h7-10,12-13,16-17H,11H2,1-6H3/t16-,17-/m1/s1. The molecule has 0 N–H and O–H groups in total. The molecule has 5 rings (SSSR count). The summed E-state index contributed by atoms with van der Waals surface area (Å²) in [5, 5.41) is 12.9. The van der Waals surface area contributed by atoms with Crippen LogP contribution in [0.4, 0.5) is 0 Å². The lowest BCUT2D eigenvalue weighted by molar-refractivity contribution is 0.00578. The summed E-state index contributed by atoms with van der Waals surface area (Å²) in [5.41, 5.74) is 3.07. The summed E-state index contributed by atoms with van der Waals surface area (Å²) in [5.74, 6) is -0.120. The molecule has 1 aliphatic carbocycles. The van der Waals surface area contributed by atoms with Crippen LogP contribution < -0.4 is 5.46 Å². The van der Waals surface area contributed by atoms with Gasteiger partial charge in [0, 0.05) is 25.1 Å². The highest BCUT2D eigenvalue weighted by molar-refractivity contribution is 6.62. The Kier molecular flexibility index (Phi) is 4.98. The molecule has 0 radical (unpaired) electrons. The van der Waals surface area contributed by atoms with E-state index < -0.39 is 24.3 Å². The highest BCUT2D eigenvalue weighted by atomic mass is 16.7. The molecule has 1 saturated heterocycles. The molecule has 1 aromatic carbocycles. The summed E-state index contributed by atoms with van der Waals surface area (Å²) in [6, 6.07) is 7.90. The van der Waals surface area contributed by atoms with Crippen LogP contribution in [0.1, 0.15) is 67.7 Å². The predicted molar refractivity (Wildman–Crippen MR) is 122 cm³/mol. The van der Waals surface area contributed by atoms with Crippen LogP contribution >= 0.6 is 0 Å². The first-order valence-corrected chi connectivity index (χ1v) is 11.1. The van der Waals surface area contributed by atoms with Gasteiger partial charge < -0.3 is 14.0 Å². The van der Waals surface area contributed by atoms with Crippen LogP contribution in [0.15, 0.2) is 36.7 Å². The Bertz CT molecular complexity index is 1200. The Hall–Kier alpha value is -2.98. The van der Waals surface area contributed by atoms with E-state index in [1.807, 2.05) is 69.9 Å². The van der Waals surface area contributed by atoms with Gasteiger partial charge in [-0.3, -0.25) is 4.68 Å². The highest BCUT2D eigenvalue weighted by Crippen LogP contribution is 2.55. The molecule has 2 fully saturated rings. The van der Waals surface area contributed by atoms with E-state index in [9.17, 15) is 4.79 Å². The third-order valence-electron chi connectivity index (χ3n) is 6.99. The third kappa shape index (κ3) is 3.67. The molecule has 0 bridgehead atoms. The SMILES string of the molecule is COC(=O)c1cnn(-c2cccc(B3OC(C)(C)C(C)(C)O3)c2)c1[C@@H]1C[C@H]1c1cn(C)nn1. The van der Waals surface area contributed by atoms with Crippen LogP contribution in [0.3, 0.4) is 0 Å². The Labute approximate surface area is 193 Å². The highest BCUT2D eigenvalue weighted by Gasteiger charge is 2.52. The summed E-state index contributed by atoms with van der Waals surface area (Å²) >= 11 is 0. The van der Waals surface area contributed by atoms with Crippen LogP contribution in [0.5, 0.6) is 0 Å². The van der Waals surface area contributed by atoms with E-state index in [0.717, 1.165) is 29.0 Å². The Morgan fingerprint density at radius 2 is 1.91 bits per heavy atom. The van der Waals surface area contributed by atoms with Crippen molar-refractivity contribution in [3.63, 3.8) is 0 Å². The van der Waals surface area contributed by atoms with E-state index >= 15 is 0 Å². The maximum atomic E-state index is 12.5. The van der Waals surface area contributed by atoms with Crippen molar-refractivity contribution in [1.82, 2.24) is 24.8 Å². The molecule has 9 nitrogen and oxygen atoms in total. The number of nitrogens with zero attached hydrogens (tertiary/aromatic N) is 5. The molecule has 1 saturated carbocycles. The molecule has 10 heteroatoms. The van der Waals surface area contributed by atoms with Crippen molar-refractivity contribution in [1.29, 1.82) is 0 Å². The van der Waals surface area contributed by atoms with Crippen molar-refractivity contribution in [3.05, 3.63) is 53.6 Å². The van der Waals surface area contributed by atoms with Gasteiger partial charge in [0.25, 0.3) is 0 Å². The Morgan fingerprint density at radius 3 is 2.55 bits per heavy atom. The summed E-state index contributed by atoms with van der Waals surface area (Å²) in [7, 11) is 2.75. The Balaban J connectivity index is 1.51. The predicted octanol–water partition coefficient (Wildman–Crippen LogP) is 2.36. The number of carbonyl (C=O) groups is 1. The van der Waals surface area contributed by atoms with Gasteiger partial charge in [-0.2, -0.15) is 5.10 Å². The minimum absolute atomic E-state index is 0.0961. The average Bonchev–Trinajstić information content (AvgIpc) is 3.11. The van der Waals surface area contributed by atoms with Gasteiger partial charge in [-0.25, -0.2) is 9.48 Å². The molecule has 0 amide bonds. The van der Waals surface area contributed by atoms with E-state index in [4.69, 9.17) is 14.0 Å². The molecular weight excluding hydrogens is 421 g/mol. The largest absolute Gasteiger partial charge is 0.494 e. The maximum Gasteiger partial charge on any atom is 0.494 e. The number of rotatable bonds is 5. The number of ether oxygens (including phenoxy) is 1. The van der Waals surface area contributed by atoms with Gasteiger partial charge in [0.2, 0.25) is 0 Å². The molecule has 3 heterocycles. The van der Waals surface area contributed by atoms with Gasteiger partial charge in [-0.15, -0.1) is 5.10 Å². The van der Waals surface area contributed by atoms with Gasteiger partial charge in [0.05, 0.1) is 41.6 Å². The normalized spacial score (nSPS) is 23.0. The topological polar surface area (TPSA) is 93.3 Å². The van der Waals surface area contributed by atoms with Crippen molar-refractivity contribution < 1.29 is 18.8 Å². The van der Waals surface area contributed by atoms with Crippen molar-refractivity contribution in [2.24, 2.45) is 7.05 Å². The molecule has 3 aromatic rings. The summed E-state index contributed by atoms with van der Waals surface area (Å²) < 4.78 is 21.0. The van der Waals surface area contributed by atoms with Crippen molar-refractivity contribution >= 4 is 18.6 Å². The lowest BCUT2D eigenvalue weighted by atomic mass is 9.79. The Morgan fingerprint density at radius 1 is 1.18 bits per heavy atom. The second kappa shape index (κ2) is 7.53. The van der Waals surface area contributed by atoms with Gasteiger partial charge in [0.15, 0.2) is 0 Å². The lowest BCUT2D eigenvalue weighted by Crippen LogP contribution is -2.41. The maximum absolute atomic E-state index is 12.5. The number of methoxy groups -OCH3 is 1. The van der Waals surface area contributed by atoms with Crippen molar-refractivity contribution in [2.45, 2.75) is 57.2 Å². The van der Waals surface area contributed by atoms with E-state index in [2.05, 4.69) is 15.4 Å². The number of esters is 1. The first-order chi connectivity index (χ1) is 15.6. The fraction of sp³-hybridized carbons (Fsp3) is 0.478. The second-order valence-corrected chi connectivity index (χ2v) is 9.80. The lowest BCUT2D eigenvalue weighted by Gasteiger charge is -2.32. The minimum atomic E-state index is -0.484. The quantitative estimate of drug-likeness (QED) is 0.436. The molecule has 1 aliphatic heterocycles. The summed E-state index contributed by atoms with van der Waals surface area (Å²) in [4.78, 5) is 12.5. The number of carbonyl (C=O) groups excluding carboxylic acids is 1. The van der Waals surface area contributed by atoms with Crippen molar-refractivity contribution in [2.75, 3.05) is 7.11 Å². The zero-order valence-electron chi connectivity index (χ0n) is 19.8. The van der Waals surface area contributed by atoms with Crippen LogP contribution in [0.2, 0.25) is 0 Å². The zero-order valence-corrected chi connectivity index (χ0v) is 19.8. The molecule has 33 heavy (non-hydrogen) atoms. The van der Waals surface area contributed by atoms with Crippen LogP contribution in [-0.2, 0) is 21.1 Å². The number of aryl methyl sites for hydroxylation is 1. The number of benzene rings is 1. The van der Waals surface area contributed by atoms with Gasteiger partial charge in [0.1, 0.15) is 5.56 Å². The van der Waals surface area contributed by atoms with Gasteiger partial charge in [-0.05, 0) is 51.7 Å². The monoisotopic (exact) mass is 449 g/mol. The summed E-state index contributed by atoms with van der Waals surface area (Å²) in [6.45, 7) is 8.13. The van der Waals surface area contributed by atoms with Crippen molar-refractivity contribution in [3.8, 4) is 5.69 Å². The second-order valence-electron chi connectivity index (χ2n) is 9.80. The van der Waals surface area contributed by atoms with E-state index in [0.29, 0.717) is 5.56 Å². The zero-order chi connectivity index (χ0) is 23.5. The van der Waals surface area contributed by atoms with E-state index in [-0.39, 0.29) is 11.8 Å². The van der Waals surface area contributed by atoms with Gasteiger partial charge in [-0.1, -0.05) is 17.3 Å². The molecule has 0 spiro atoms. The fourth-order valence-corrected chi connectivity index (χ4v) is 4.33. The number of hydrogen-bond acceptors (Lipinski definition) is 7. The summed E-state index contributed by atoms with van der Waals surface area (Å²) in [6.07, 6.45) is 4.36. The smallest absolute Gasteiger partial charge is 0.465 e. The first-order valence-electron chi connectivity index (χ1n) is 11.1. The minimum Gasteiger partial charge on any atom is -0.465 e. The van der Waals surface area contributed by atoms with Crippen LogP contribution in [-0.4, -0.2) is 56.2 Å². The fourth-order valence-electron chi connectivity index (χ4n) is 4.33. The molecule has 2 aromatic heterocycles. The van der Waals surface area contributed by atoms with Crippen LogP contribution in [0.25, 0.3) is 5.69 Å². The first kappa shape index (κ1) is 21.8. The van der Waals surface area contributed by atoms with E-state index in [1.165, 1.54) is 7.11 Å². The molecule has 2 atom stereocenters.